The van der Waals surface area contributed by atoms with E-state index in [0.29, 0.717) is 10.8 Å². The smallest absolute Gasteiger partial charge is 0.141 e. The lowest BCUT2D eigenvalue weighted by Crippen LogP contribution is -1.89. The highest BCUT2D eigenvalue weighted by Crippen LogP contribution is 2.22. The molecule has 0 atom stereocenters. The van der Waals surface area contributed by atoms with E-state index in [4.69, 9.17) is 23.2 Å². The zero-order chi connectivity index (χ0) is 13.3. The van der Waals surface area contributed by atoms with Gasteiger partial charge in [-0.25, -0.2) is 4.39 Å². The number of nitrogens with zero attached hydrogens (tertiary/aromatic N) is 3. The van der Waals surface area contributed by atoms with E-state index < -0.39 is 5.82 Å². The summed E-state index contributed by atoms with van der Waals surface area (Å²) < 4.78 is 14.5. The van der Waals surface area contributed by atoms with Crippen molar-refractivity contribution in [2.45, 2.75) is 6.92 Å². The molecule has 0 saturated heterocycles. The first kappa shape index (κ1) is 13.1. The maximum Gasteiger partial charge on any atom is 0.141 e. The van der Waals surface area contributed by atoms with Gasteiger partial charge in [-0.3, -0.25) is 9.67 Å². The largest absolute Gasteiger partial charge is 0.256 e. The molecule has 0 aliphatic rings. The summed E-state index contributed by atoms with van der Waals surface area (Å²) in [6.45, 7) is 1.84. The lowest BCUT2D eigenvalue weighted by molar-refractivity contribution is 0.628. The van der Waals surface area contributed by atoms with E-state index in [1.54, 1.807) is 17.9 Å². The van der Waals surface area contributed by atoms with Crippen molar-refractivity contribution in [3.63, 3.8) is 0 Å². The summed E-state index contributed by atoms with van der Waals surface area (Å²) in [5, 5.41) is 4.71. The van der Waals surface area contributed by atoms with Crippen LogP contribution in [0.2, 0.25) is 10.2 Å². The Morgan fingerprint density at radius 3 is 2.67 bits per heavy atom. The lowest BCUT2D eigenvalue weighted by Gasteiger charge is -1.96. The maximum absolute atomic E-state index is 13.0. The van der Waals surface area contributed by atoms with Crippen molar-refractivity contribution in [3.8, 4) is 0 Å². The Morgan fingerprint density at radius 1 is 1.39 bits per heavy atom. The zero-order valence-corrected chi connectivity index (χ0v) is 11.3. The molecule has 1 aromatic carbocycles. The van der Waals surface area contributed by atoms with Gasteiger partial charge in [-0.15, -0.1) is 0 Å². The monoisotopic (exact) mass is 285 g/mol. The van der Waals surface area contributed by atoms with Crippen LogP contribution in [0.5, 0.6) is 0 Å². The molecule has 0 radical (unpaired) electrons. The Hall–Kier alpha value is -1.39. The van der Waals surface area contributed by atoms with E-state index in [0.717, 1.165) is 11.3 Å². The van der Waals surface area contributed by atoms with Crippen LogP contribution >= 0.6 is 23.2 Å². The molecule has 1 heterocycles. The molecule has 0 bridgehead atoms. The molecule has 0 amide bonds. The number of benzene rings is 1. The van der Waals surface area contributed by atoms with E-state index in [1.165, 1.54) is 18.2 Å². The van der Waals surface area contributed by atoms with Gasteiger partial charge in [-0.05, 0) is 25.1 Å². The highest BCUT2D eigenvalue weighted by atomic mass is 35.5. The Labute approximate surface area is 114 Å². The quantitative estimate of drug-likeness (QED) is 0.769. The predicted molar refractivity (Wildman–Crippen MR) is 71.6 cm³/mol. The summed E-state index contributed by atoms with van der Waals surface area (Å²) in [7, 11) is 1.75. The number of halogens is 3. The SMILES string of the molecule is Cc1nn(C)c(Cl)c1C=Nc1ccc(F)c(Cl)c1. The van der Waals surface area contributed by atoms with Gasteiger partial charge in [0.1, 0.15) is 11.0 Å². The maximum atomic E-state index is 13.0. The molecule has 0 aliphatic carbocycles. The van der Waals surface area contributed by atoms with Crippen LogP contribution in [0.25, 0.3) is 0 Å². The van der Waals surface area contributed by atoms with Gasteiger partial charge in [0.05, 0.1) is 22.0 Å². The van der Waals surface area contributed by atoms with Gasteiger partial charge in [0.25, 0.3) is 0 Å². The minimum Gasteiger partial charge on any atom is -0.256 e. The highest BCUT2D eigenvalue weighted by molar-refractivity contribution is 6.32. The summed E-state index contributed by atoms with van der Waals surface area (Å²) in [5.74, 6) is -0.466. The molecule has 0 spiro atoms. The van der Waals surface area contributed by atoms with E-state index in [1.807, 2.05) is 6.92 Å². The molecular formula is C12H10Cl2FN3. The minimum atomic E-state index is -0.466. The number of aryl methyl sites for hydroxylation is 2. The molecule has 0 saturated carbocycles. The summed E-state index contributed by atoms with van der Waals surface area (Å²) in [6, 6.07) is 4.26. The number of aromatic nitrogens is 2. The van der Waals surface area contributed by atoms with Gasteiger partial charge in [-0.2, -0.15) is 5.10 Å². The first-order chi connectivity index (χ1) is 8.49. The Balaban J connectivity index is 2.33. The van der Waals surface area contributed by atoms with Crippen LogP contribution in [0.3, 0.4) is 0 Å². The van der Waals surface area contributed by atoms with Crippen LogP contribution in [0.1, 0.15) is 11.3 Å². The first-order valence-corrected chi connectivity index (χ1v) is 5.93. The van der Waals surface area contributed by atoms with Crippen LogP contribution < -0.4 is 0 Å². The van der Waals surface area contributed by atoms with E-state index in [9.17, 15) is 4.39 Å². The average molecular weight is 286 g/mol. The van der Waals surface area contributed by atoms with E-state index >= 15 is 0 Å². The van der Waals surface area contributed by atoms with Crippen molar-refractivity contribution in [1.29, 1.82) is 0 Å². The summed E-state index contributed by atoms with van der Waals surface area (Å²) >= 11 is 11.7. The molecule has 0 N–H and O–H groups in total. The van der Waals surface area contributed by atoms with Crippen molar-refractivity contribution < 1.29 is 4.39 Å². The molecule has 1 aromatic heterocycles. The molecule has 6 heteroatoms. The summed E-state index contributed by atoms with van der Waals surface area (Å²) in [6.07, 6.45) is 1.59. The zero-order valence-electron chi connectivity index (χ0n) is 9.78. The lowest BCUT2D eigenvalue weighted by atomic mass is 10.3. The second-order valence-electron chi connectivity index (χ2n) is 3.77. The van der Waals surface area contributed by atoms with Gasteiger partial charge in [0.2, 0.25) is 0 Å². The Kier molecular flexibility index (Phi) is 3.68. The standard InChI is InChI=1S/C12H10Cl2FN3/c1-7-9(12(14)18(2)17-7)6-16-8-3-4-11(15)10(13)5-8/h3-6H,1-2H3. The number of rotatable bonds is 2. The van der Waals surface area contributed by atoms with Crippen molar-refractivity contribution in [2.24, 2.45) is 12.0 Å². The third-order valence-corrected chi connectivity index (χ3v) is 3.18. The minimum absolute atomic E-state index is 0.0404. The molecule has 0 fully saturated rings. The fourth-order valence-electron chi connectivity index (χ4n) is 1.50. The highest BCUT2D eigenvalue weighted by Gasteiger charge is 2.08. The predicted octanol–water partition coefficient (Wildman–Crippen LogP) is 3.93. The van der Waals surface area contributed by atoms with E-state index in [2.05, 4.69) is 10.1 Å². The van der Waals surface area contributed by atoms with Gasteiger partial charge < -0.3 is 0 Å². The van der Waals surface area contributed by atoms with Crippen molar-refractivity contribution in [3.05, 3.63) is 45.4 Å². The molecular weight excluding hydrogens is 276 g/mol. The van der Waals surface area contributed by atoms with Gasteiger partial charge >= 0.3 is 0 Å². The molecule has 3 nitrogen and oxygen atoms in total. The molecule has 2 aromatic rings. The van der Waals surface area contributed by atoms with Crippen LogP contribution in [-0.4, -0.2) is 16.0 Å². The van der Waals surface area contributed by atoms with Gasteiger partial charge in [0, 0.05) is 13.3 Å². The van der Waals surface area contributed by atoms with Crippen LogP contribution in [0, 0.1) is 12.7 Å². The van der Waals surface area contributed by atoms with Gasteiger partial charge in [-0.1, -0.05) is 23.2 Å². The topological polar surface area (TPSA) is 30.2 Å². The fraction of sp³-hybridized carbons (Fsp3) is 0.167. The third kappa shape index (κ3) is 2.54. The van der Waals surface area contributed by atoms with Crippen molar-refractivity contribution in [2.75, 3.05) is 0 Å². The van der Waals surface area contributed by atoms with Crippen molar-refractivity contribution >= 4 is 35.1 Å². The Morgan fingerprint density at radius 2 is 2.11 bits per heavy atom. The van der Waals surface area contributed by atoms with E-state index in [-0.39, 0.29) is 5.02 Å². The number of hydrogen-bond acceptors (Lipinski definition) is 2. The molecule has 18 heavy (non-hydrogen) atoms. The number of aliphatic imine (C=N–C) groups is 1. The first-order valence-electron chi connectivity index (χ1n) is 5.17. The van der Waals surface area contributed by atoms with Crippen molar-refractivity contribution in [1.82, 2.24) is 9.78 Å². The van der Waals surface area contributed by atoms with Crippen LogP contribution in [0.15, 0.2) is 23.2 Å². The fourth-order valence-corrected chi connectivity index (χ4v) is 1.90. The summed E-state index contributed by atoms with van der Waals surface area (Å²) in [5.41, 5.74) is 2.07. The van der Waals surface area contributed by atoms with Gasteiger partial charge in [0.15, 0.2) is 0 Å². The molecule has 0 aliphatic heterocycles. The van der Waals surface area contributed by atoms with Crippen LogP contribution in [0.4, 0.5) is 10.1 Å². The van der Waals surface area contributed by atoms with Crippen LogP contribution in [-0.2, 0) is 7.05 Å². The second-order valence-corrected chi connectivity index (χ2v) is 4.54. The average Bonchev–Trinajstić information content (AvgIpc) is 2.56. The molecule has 2 rings (SSSR count). The second kappa shape index (κ2) is 5.08. The Bertz CT molecular complexity index is 620. The third-order valence-electron chi connectivity index (χ3n) is 2.44. The normalized spacial score (nSPS) is 11.4. The summed E-state index contributed by atoms with van der Waals surface area (Å²) in [4.78, 5) is 4.20. The number of hydrogen-bond donors (Lipinski definition) is 0. The molecule has 94 valence electrons. The molecule has 0 unspecified atom stereocenters.